The van der Waals surface area contributed by atoms with Gasteiger partial charge in [-0.2, -0.15) is 0 Å². The van der Waals surface area contributed by atoms with Gasteiger partial charge >= 0.3 is 0 Å². The SMILES string of the molecule is CCc1cc(CN)ccc1Nc1cc2c(ncn2C)c(N(Cc2ccc(OC)cc2OC)C(C)=O)n1. The maximum atomic E-state index is 12.9. The third-order valence-corrected chi connectivity index (χ3v) is 6.20. The van der Waals surface area contributed by atoms with E-state index < -0.39 is 0 Å². The monoisotopic (exact) mass is 488 g/mol. The number of benzene rings is 2. The lowest BCUT2D eigenvalue weighted by Gasteiger charge is -2.23. The van der Waals surface area contributed by atoms with Crippen LogP contribution in [-0.4, -0.2) is 34.7 Å². The number of imidazole rings is 1. The molecular formula is C27H32N6O3. The first-order valence-corrected chi connectivity index (χ1v) is 11.8. The molecule has 0 spiro atoms. The van der Waals surface area contributed by atoms with Crippen LogP contribution in [0.4, 0.5) is 17.3 Å². The van der Waals surface area contributed by atoms with Crippen LogP contribution in [0.3, 0.4) is 0 Å². The van der Waals surface area contributed by atoms with Gasteiger partial charge in [0.1, 0.15) is 22.8 Å². The largest absolute Gasteiger partial charge is 0.497 e. The molecule has 0 bridgehead atoms. The molecule has 0 saturated carbocycles. The van der Waals surface area contributed by atoms with Gasteiger partial charge in [0, 0.05) is 43.9 Å². The number of aryl methyl sites for hydroxylation is 2. The van der Waals surface area contributed by atoms with E-state index in [9.17, 15) is 4.79 Å². The van der Waals surface area contributed by atoms with Crippen LogP contribution in [-0.2, 0) is 31.4 Å². The summed E-state index contributed by atoms with van der Waals surface area (Å²) in [4.78, 5) is 23.9. The van der Waals surface area contributed by atoms with Crippen LogP contribution in [0.1, 0.15) is 30.5 Å². The Labute approximate surface area is 210 Å². The number of anilines is 3. The van der Waals surface area contributed by atoms with Gasteiger partial charge in [-0.3, -0.25) is 9.69 Å². The molecule has 188 valence electrons. The molecule has 0 aliphatic carbocycles. The number of carbonyl (C=O) groups excluding carboxylic acids is 1. The first-order valence-electron chi connectivity index (χ1n) is 11.8. The predicted octanol–water partition coefficient (Wildman–Crippen LogP) is 4.30. The summed E-state index contributed by atoms with van der Waals surface area (Å²) >= 11 is 0. The second kappa shape index (κ2) is 10.7. The van der Waals surface area contributed by atoms with Gasteiger partial charge in [0.2, 0.25) is 5.91 Å². The highest BCUT2D eigenvalue weighted by Crippen LogP contribution is 2.32. The number of rotatable bonds is 9. The van der Waals surface area contributed by atoms with E-state index in [4.69, 9.17) is 20.2 Å². The lowest BCUT2D eigenvalue weighted by Crippen LogP contribution is -2.29. The highest BCUT2D eigenvalue weighted by molar-refractivity contribution is 5.99. The summed E-state index contributed by atoms with van der Waals surface area (Å²) < 4.78 is 12.8. The molecule has 0 radical (unpaired) electrons. The molecule has 9 nitrogen and oxygen atoms in total. The zero-order valence-corrected chi connectivity index (χ0v) is 21.3. The van der Waals surface area contributed by atoms with Crippen LogP contribution in [0.15, 0.2) is 48.8 Å². The van der Waals surface area contributed by atoms with Crippen molar-refractivity contribution in [3.8, 4) is 11.5 Å². The summed E-state index contributed by atoms with van der Waals surface area (Å²) in [7, 11) is 5.11. The molecule has 4 rings (SSSR count). The van der Waals surface area contributed by atoms with Crippen molar-refractivity contribution in [1.29, 1.82) is 0 Å². The smallest absolute Gasteiger partial charge is 0.225 e. The fourth-order valence-corrected chi connectivity index (χ4v) is 4.18. The van der Waals surface area contributed by atoms with Gasteiger partial charge in [-0.15, -0.1) is 0 Å². The van der Waals surface area contributed by atoms with Crippen LogP contribution < -0.4 is 25.4 Å². The fourth-order valence-electron chi connectivity index (χ4n) is 4.18. The fraction of sp³-hybridized carbons (Fsp3) is 0.296. The minimum absolute atomic E-state index is 0.161. The number of pyridine rings is 1. The third kappa shape index (κ3) is 4.96. The molecule has 36 heavy (non-hydrogen) atoms. The Kier molecular flexibility index (Phi) is 7.40. The van der Waals surface area contributed by atoms with Gasteiger partial charge in [0.15, 0.2) is 5.82 Å². The average Bonchev–Trinajstić information content (AvgIpc) is 3.27. The average molecular weight is 489 g/mol. The third-order valence-electron chi connectivity index (χ3n) is 6.20. The molecule has 2 heterocycles. The number of hydrogen-bond donors (Lipinski definition) is 2. The lowest BCUT2D eigenvalue weighted by molar-refractivity contribution is -0.116. The molecule has 2 aromatic carbocycles. The van der Waals surface area contributed by atoms with E-state index in [0.717, 1.165) is 34.3 Å². The van der Waals surface area contributed by atoms with Crippen LogP contribution in [0, 0.1) is 0 Å². The second-order valence-corrected chi connectivity index (χ2v) is 8.51. The number of methoxy groups -OCH3 is 2. The van der Waals surface area contributed by atoms with E-state index in [-0.39, 0.29) is 12.5 Å². The molecule has 4 aromatic rings. The number of carbonyl (C=O) groups is 1. The Morgan fingerprint density at radius 2 is 1.92 bits per heavy atom. The zero-order valence-electron chi connectivity index (χ0n) is 21.3. The summed E-state index contributed by atoms with van der Waals surface area (Å²) in [5.41, 5.74) is 11.3. The summed E-state index contributed by atoms with van der Waals surface area (Å²) in [5, 5.41) is 3.45. The van der Waals surface area contributed by atoms with Crippen LogP contribution in [0.5, 0.6) is 11.5 Å². The number of nitrogens with two attached hydrogens (primary N) is 1. The molecule has 0 aliphatic rings. The van der Waals surface area contributed by atoms with Gasteiger partial charge < -0.3 is 25.1 Å². The Bertz CT molecular complexity index is 1400. The molecule has 0 fully saturated rings. The second-order valence-electron chi connectivity index (χ2n) is 8.51. The number of amides is 1. The quantitative estimate of drug-likeness (QED) is 0.362. The Morgan fingerprint density at radius 1 is 1.11 bits per heavy atom. The molecular weight excluding hydrogens is 456 g/mol. The normalized spacial score (nSPS) is 10.9. The number of ether oxygens (including phenoxy) is 2. The standard InChI is InChI=1S/C27H32N6O3/c1-6-19-11-18(14-28)7-10-22(19)30-25-13-23-26(29-16-32(23)3)27(31-25)33(17(2)34)15-20-8-9-21(35-4)12-24(20)36-5/h7-13,16H,6,14-15,28H2,1-5H3,(H,30,31). The minimum Gasteiger partial charge on any atom is -0.497 e. The van der Waals surface area contributed by atoms with Crippen LogP contribution >= 0.6 is 0 Å². The molecule has 0 unspecified atom stereocenters. The van der Waals surface area contributed by atoms with Crippen molar-refractivity contribution >= 4 is 34.3 Å². The Hall–Kier alpha value is -4.11. The van der Waals surface area contributed by atoms with Crippen molar-refractivity contribution in [2.45, 2.75) is 33.4 Å². The number of hydrogen-bond acceptors (Lipinski definition) is 7. The van der Waals surface area contributed by atoms with Gasteiger partial charge in [-0.25, -0.2) is 9.97 Å². The minimum atomic E-state index is -0.161. The number of fused-ring (bicyclic) bond motifs is 1. The molecule has 9 heteroatoms. The molecule has 0 atom stereocenters. The van der Waals surface area contributed by atoms with Gasteiger partial charge in [-0.1, -0.05) is 19.1 Å². The zero-order chi connectivity index (χ0) is 25.8. The first-order chi connectivity index (χ1) is 17.4. The van der Waals surface area contributed by atoms with E-state index in [1.54, 1.807) is 31.5 Å². The highest BCUT2D eigenvalue weighted by Gasteiger charge is 2.22. The van der Waals surface area contributed by atoms with E-state index in [1.165, 1.54) is 6.92 Å². The summed E-state index contributed by atoms with van der Waals surface area (Å²) in [5.74, 6) is 2.22. The van der Waals surface area contributed by atoms with Crippen molar-refractivity contribution in [3.63, 3.8) is 0 Å². The van der Waals surface area contributed by atoms with Crippen molar-refractivity contribution in [2.75, 3.05) is 24.4 Å². The molecule has 0 saturated heterocycles. The maximum absolute atomic E-state index is 12.9. The van der Waals surface area contributed by atoms with Gasteiger partial charge in [0.25, 0.3) is 0 Å². The lowest BCUT2D eigenvalue weighted by atomic mass is 10.1. The summed E-state index contributed by atoms with van der Waals surface area (Å²) in [6.45, 7) is 4.37. The predicted molar refractivity (Wildman–Crippen MR) is 142 cm³/mol. The molecule has 0 aliphatic heterocycles. The number of aromatic nitrogens is 3. The number of nitrogens with zero attached hydrogens (tertiary/aromatic N) is 4. The van der Waals surface area contributed by atoms with Crippen molar-refractivity contribution < 1.29 is 14.3 Å². The molecule has 3 N–H and O–H groups in total. The van der Waals surface area contributed by atoms with Crippen LogP contribution in [0.2, 0.25) is 0 Å². The van der Waals surface area contributed by atoms with Gasteiger partial charge in [-0.05, 0) is 35.7 Å². The van der Waals surface area contributed by atoms with Crippen molar-refractivity contribution in [3.05, 3.63) is 65.5 Å². The summed E-state index contributed by atoms with van der Waals surface area (Å²) in [6.07, 6.45) is 2.56. The van der Waals surface area contributed by atoms with Gasteiger partial charge in [0.05, 0.1) is 32.6 Å². The summed E-state index contributed by atoms with van der Waals surface area (Å²) in [6, 6.07) is 13.6. The maximum Gasteiger partial charge on any atom is 0.225 e. The Balaban J connectivity index is 1.79. The highest BCUT2D eigenvalue weighted by atomic mass is 16.5. The van der Waals surface area contributed by atoms with Crippen LogP contribution in [0.25, 0.3) is 11.0 Å². The van der Waals surface area contributed by atoms with Crippen molar-refractivity contribution in [1.82, 2.24) is 14.5 Å². The Morgan fingerprint density at radius 3 is 2.58 bits per heavy atom. The molecule has 1 amide bonds. The van der Waals surface area contributed by atoms with E-state index >= 15 is 0 Å². The number of nitrogens with one attached hydrogen (secondary N) is 1. The molecule has 2 aromatic heterocycles. The first kappa shape index (κ1) is 25.0. The van der Waals surface area contributed by atoms with E-state index in [2.05, 4.69) is 23.3 Å². The topological polar surface area (TPSA) is 108 Å². The van der Waals surface area contributed by atoms with E-state index in [1.807, 2.05) is 41.9 Å². The van der Waals surface area contributed by atoms with E-state index in [0.29, 0.717) is 35.2 Å². The van der Waals surface area contributed by atoms with Crippen molar-refractivity contribution in [2.24, 2.45) is 12.8 Å².